The van der Waals surface area contributed by atoms with Crippen molar-refractivity contribution in [2.24, 2.45) is 17.6 Å². The Labute approximate surface area is 96.6 Å². The zero-order valence-corrected chi connectivity index (χ0v) is 9.91. The summed E-state index contributed by atoms with van der Waals surface area (Å²) in [5, 5.41) is 12.6. The maximum atomic E-state index is 11.0. The molecule has 0 aromatic carbocycles. The minimum atomic E-state index is -1.07. The van der Waals surface area contributed by atoms with Crippen molar-refractivity contribution in [2.75, 3.05) is 6.54 Å². The summed E-state index contributed by atoms with van der Waals surface area (Å²) in [7, 11) is 0. The normalized spacial score (nSPS) is 37.8. The molecule has 4 atom stereocenters. The topological polar surface area (TPSA) is 75.3 Å². The first-order valence-corrected chi connectivity index (χ1v) is 6.26. The van der Waals surface area contributed by atoms with Gasteiger partial charge in [0, 0.05) is 6.04 Å². The molecule has 1 saturated carbocycles. The van der Waals surface area contributed by atoms with Gasteiger partial charge in [0.15, 0.2) is 0 Å². The predicted molar refractivity (Wildman–Crippen MR) is 62.1 cm³/mol. The second kappa shape index (κ2) is 4.34. The largest absolute Gasteiger partial charge is 0.480 e. The van der Waals surface area contributed by atoms with E-state index in [0.717, 1.165) is 6.54 Å². The molecule has 0 aromatic heterocycles. The number of hydrogen-bond donors (Lipinski definition) is 3. The van der Waals surface area contributed by atoms with E-state index in [0.29, 0.717) is 24.3 Å². The molecule has 0 radical (unpaired) electrons. The number of fused-ring (bicyclic) bond motifs is 1. The molecule has 0 bridgehead atoms. The van der Waals surface area contributed by atoms with Gasteiger partial charge in [0.25, 0.3) is 0 Å². The van der Waals surface area contributed by atoms with E-state index in [4.69, 9.17) is 10.8 Å². The molecular formula is C12H22N2O2. The molecule has 1 aliphatic heterocycles. The van der Waals surface area contributed by atoms with Crippen LogP contribution in [-0.4, -0.2) is 29.2 Å². The van der Waals surface area contributed by atoms with Gasteiger partial charge >= 0.3 is 5.97 Å². The van der Waals surface area contributed by atoms with Gasteiger partial charge in [-0.1, -0.05) is 12.8 Å². The first kappa shape index (κ1) is 11.9. The number of nitrogens with one attached hydrogen (secondary N) is 1. The number of hydrogen-bond acceptors (Lipinski definition) is 3. The van der Waals surface area contributed by atoms with E-state index in [1.807, 2.05) is 0 Å². The molecule has 4 N–H and O–H groups in total. The van der Waals surface area contributed by atoms with Crippen molar-refractivity contribution in [1.82, 2.24) is 5.32 Å². The molecule has 0 spiro atoms. The van der Waals surface area contributed by atoms with Crippen LogP contribution in [0, 0.1) is 11.8 Å². The summed E-state index contributed by atoms with van der Waals surface area (Å²) in [6, 6.07) is 0.614. The van der Waals surface area contributed by atoms with Gasteiger partial charge in [0.2, 0.25) is 0 Å². The van der Waals surface area contributed by atoms with Gasteiger partial charge in [0.05, 0.1) is 0 Å². The highest BCUT2D eigenvalue weighted by Gasteiger charge is 2.41. The van der Waals surface area contributed by atoms with Gasteiger partial charge in [-0.05, 0) is 44.6 Å². The Kier molecular flexibility index (Phi) is 3.22. The quantitative estimate of drug-likeness (QED) is 0.670. The fourth-order valence-corrected chi connectivity index (χ4v) is 3.29. The van der Waals surface area contributed by atoms with E-state index in [9.17, 15) is 4.79 Å². The number of nitrogens with two attached hydrogens (primary N) is 1. The molecule has 1 aliphatic carbocycles. The second-order valence-electron chi connectivity index (χ2n) is 5.65. The average Bonchev–Trinajstić information content (AvgIpc) is 2.61. The zero-order valence-electron chi connectivity index (χ0n) is 9.91. The highest BCUT2D eigenvalue weighted by molar-refractivity contribution is 5.77. The molecular weight excluding hydrogens is 204 g/mol. The maximum absolute atomic E-state index is 11.0. The Hall–Kier alpha value is -0.610. The van der Waals surface area contributed by atoms with Gasteiger partial charge in [-0.3, -0.25) is 4.79 Å². The Morgan fingerprint density at radius 2 is 2.19 bits per heavy atom. The molecule has 4 unspecified atom stereocenters. The molecule has 4 nitrogen and oxygen atoms in total. The van der Waals surface area contributed by atoms with Crippen molar-refractivity contribution in [1.29, 1.82) is 0 Å². The monoisotopic (exact) mass is 226 g/mol. The summed E-state index contributed by atoms with van der Waals surface area (Å²) in [5.74, 6) is 0.208. The van der Waals surface area contributed by atoms with E-state index in [1.54, 1.807) is 6.92 Å². The molecule has 16 heavy (non-hydrogen) atoms. The minimum Gasteiger partial charge on any atom is -0.480 e. The van der Waals surface area contributed by atoms with Crippen LogP contribution in [0.4, 0.5) is 0 Å². The molecule has 0 amide bonds. The fraction of sp³-hybridized carbons (Fsp3) is 0.917. The molecule has 2 rings (SSSR count). The van der Waals surface area contributed by atoms with E-state index in [2.05, 4.69) is 5.32 Å². The maximum Gasteiger partial charge on any atom is 0.323 e. The number of carboxylic acid groups (broad SMARTS) is 1. The Balaban J connectivity index is 1.98. The number of carbonyl (C=O) groups is 1. The summed E-state index contributed by atoms with van der Waals surface area (Å²) in [6.07, 6.45) is 5.66. The van der Waals surface area contributed by atoms with E-state index < -0.39 is 11.5 Å². The van der Waals surface area contributed by atoms with Crippen LogP contribution in [0.1, 0.15) is 39.0 Å². The number of carboxylic acids is 1. The lowest BCUT2D eigenvalue weighted by Gasteiger charge is -2.31. The van der Waals surface area contributed by atoms with Crippen molar-refractivity contribution in [3.8, 4) is 0 Å². The molecule has 2 fully saturated rings. The smallest absolute Gasteiger partial charge is 0.323 e. The summed E-state index contributed by atoms with van der Waals surface area (Å²) >= 11 is 0. The average molecular weight is 226 g/mol. The molecule has 1 heterocycles. The van der Waals surface area contributed by atoms with Crippen molar-refractivity contribution in [2.45, 2.75) is 50.6 Å². The van der Waals surface area contributed by atoms with Crippen LogP contribution in [0.25, 0.3) is 0 Å². The second-order valence-corrected chi connectivity index (χ2v) is 5.65. The van der Waals surface area contributed by atoms with Crippen molar-refractivity contribution < 1.29 is 9.90 Å². The number of rotatable bonds is 3. The van der Waals surface area contributed by atoms with Crippen LogP contribution in [0.2, 0.25) is 0 Å². The van der Waals surface area contributed by atoms with Gasteiger partial charge in [-0.2, -0.15) is 0 Å². The first-order chi connectivity index (χ1) is 7.50. The summed E-state index contributed by atoms with van der Waals surface area (Å²) in [4.78, 5) is 11.0. The van der Waals surface area contributed by atoms with Crippen LogP contribution in [0.15, 0.2) is 0 Å². The number of aliphatic carboxylic acids is 1. The fourth-order valence-electron chi connectivity index (χ4n) is 3.29. The van der Waals surface area contributed by atoms with Crippen LogP contribution < -0.4 is 11.1 Å². The minimum absolute atomic E-state index is 0.441. The Morgan fingerprint density at radius 3 is 2.88 bits per heavy atom. The zero-order chi connectivity index (χ0) is 11.8. The van der Waals surface area contributed by atoms with Crippen LogP contribution in [-0.2, 0) is 4.79 Å². The van der Waals surface area contributed by atoms with E-state index in [-0.39, 0.29) is 0 Å². The van der Waals surface area contributed by atoms with Gasteiger partial charge in [-0.15, -0.1) is 0 Å². The third kappa shape index (κ3) is 2.23. The Morgan fingerprint density at radius 1 is 1.50 bits per heavy atom. The molecule has 2 aliphatic rings. The Bertz CT molecular complexity index is 278. The predicted octanol–water partition coefficient (Wildman–Crippen LogP) is 0.957. The van der Waals surface area contributed by atoms with Crippen molar-refractivity contribution in [3.05, 3.63) is 0 Å². The SMILES string of the molecule is CC(N)(CC1CNC2CCCCC12)C(=O)O. The summed E-state index contributed by atoms with van der Waals surface area (Å²) < 4.78 is 0. The lowest BCUT2D eigenvalue weighted by atomic mass is 9.75. The first-order valence-electron chi connectivity index (χ1n) is 6.26. The lowest BCUT2D eigenvalue weighted by Crippen LogP contribution is -2.47. The highest BCUT2D eigenvalue weighted by atomic mass is 16.4. The van der Waals surface area contributed by atoms with Gasteiger partial charge < -0.3 is 16.2 Å². The molecule has 0 aromatic rings. The lowest BCUT2D eigenvalue weighted by molar-refractivity contribution is -0.143. The third-order valence-corrected chi connectivity index (χ3v) is 4.24. The van der Waals surface area contributed by atoms with E-state index in [1.165, 1.54) is 25.7 Å². The van der Waals surface area contributed by atoms with Gasteiger partial charge in [-0.25, -0.2) is 0 Å². The van der Waals surface area contributed by atoms with Crippen molar-refractivity contribution >= 4 is 5.97 Å². The van der Waals surface area contributed by atoms with Gasteiger partial charge in [0.1, 0.15) is 5.54 Å². The standard InChI is InChI=1S/C12H22N2O2/c1-12(13,11(15)16)6-8-7-14-10-5-3-2-4-9(8)10/h8-10,14H,2-7,13H2,1H3,(H,15,16). The highest BCUT2D eigenvalue weighted by Crippen LogP contribution is 2.37. The molecule has 4 heteroatoms. The molecule has 92 valence electrons. The molecule has 1 saturated heterocycles. The summed E-state index contributed by atoms with van der Waals surface area (Å²) in [6.45, 7) is 2.57. The van der Waals surface area contributed by atoms with E-state index >= 15 is 0 Å². The van der Waals surface area contributed by atoms with Crippen LogP contribution in [0.5, 0.6) is 0 Å². The summed E-state index contributed by atoms with van der Waals surface area (Å²) in [5.41, 5.74) is 4.76. The van der Waals surface area contributed by atoms with Crippen molar-refractivity contribution in [3.63, 3.8) is 0 Å². The third-order valence-electron chi connectivity index (χ3n) is 4.24. The van der Waals surface area contributed by atoms with Crippen LogP contribution in [0.3, 0.4) is 0 Å². The van der Waals surface area contributed by atoms with Crippen LogP contribution >= 0.6 is 0 Å².